The van der Waals surface area contributed by atoms with Crippen molar-refractivity contribution < 1.29 is 0 Å². The molecule has 5 heteroatoms. The Morgan fingerprint density at radius 2 is 2.33 bits per heavy atom. The molecule has 0 aromatic carbocycles. The van der Waals surface area contributed by atoms with Gasteiger partial charge in [-0.05, 0) is 45.8 Å². The van der Waals surface area contributed by atoms with Gasteiger partial charge >= 0.3 is 0 Å². The maximum atomic E-state index is 6.26. The molecule has 1 N–H and O–H groups in total. The van der Waals surface area contributed by atoms with Crippen LogP contribution in [-0.2, 0) is 13.6 Å². The van der Waals surface area contributed by atoms with Crippen LogP contribution in [0.2, 0.25) is 5.15 Å². The monoisotopic (exact) mass is 270 g/mol. The highest BCUT2D eigenvalue weighted by molar-refractivity contribution is 6.30. The zero-order chi connectivity index (χ0) is 13.1. The van der Waals surface area contributed by atoms with Crippen LogP contribution in [0, 0.1) is 12.8 Å². The molecular formula is C13H23ClN4. The summed E-state index contributed by atoms with van der Waals surface area (Å²) in [6, 6.07) is 0. The van der Waals surface area contributed by atoms with Crippen molar-refractivity contribution in [2.75, 3.05) is 26.7 Å². The second-order valence-corrected chi connectivity index (χ2v) is 5.75. The van der Waals surface area contributed by atoms with Crippen LogP contribution in [0.1, 0.15) is 24.1 Å². The third kappa shape index (κ3) is 3.25. The molecule has 1 saturated heterocycles. The lowest BCUT2D eigenvalue weighted by molar-refractivity contribution is 0.237. The van der Waals surface area contributed by atoms with E-state index in [0.29, 0.717) is 0 Å². The lowest BCUT2D eigenvalue weighted by atomic mass is 9.99. The maximum absolute atomic E-state index is 6.26. The van der Waals surface area contributed by atoms with Crippen molar-refractivity contribution in [2.45, 2.75) is 26.3 Å². The van der Waals surface area contributed by atoms with Crippen molar-refractivity contribution >= 4 is 11.6 Å². The fourth-order valence-electron chi connectivity index (χ4n) is 2.71. The third-order valence-corrected chi connectivity index (χ3v) is 4.14. The van der Waals surface area contributed by atoms with Crippen molar-refractivity contribution in [1.29, 1.82) is 0 Å². The molecule has 1 aliphatic heterocycles. The van der Waals surface area contributed by atoms with Crippen molar-refractivity contribution in [1.82, 2.24) is 20.0 Å². The summed E-state index contributed by atoms with van der Waals surface area (Å²) in [5, 5.41) is 8.58. The minimum atomic E-state index is 0.763. The minimum absolute atomic E-state index is 0.763. The summed E-state index contributed by atoms with van der Waals surface area (Å²) < 4.78 is 1.75. The van der Waals surface area contributed by atoms with Crippen LogP contribution in [0.4, 0.5) is 0 Å². The number of piperidine rings is 1. The minimum Gasteiger partial charge on any atom is -0.316 e. The van der Waals surface area contributed by atoms with E-state index in [1.807, 2.05) is 14.0 Å². The average Bonchev–Trinajstić information content (AvgIpc) is 2.57. The van der Waals surface area contributed by atoms with Gasteiger partial charge < -0.3 is 10.2 Å². The molecule has 0 aliphatic carbocycles. The molecular weight excluding hydrogens is 248 g/mol. The first kappa shape index (κ1) is 13.8. The molecule has 0 radical (unpaired) electrons. The van der Waals surface area contributed by atoms with Crippen LogP contribution in [0.25, 0.3) is 0 Å². The second kappa shape index (κ2) is 6.04. The van der Waals surface area contributed by atoms with Crippen LogP contribution in [0.15, 0.2) is 0 Å². The smallest absolute Gasteiger partial charge is 0.131 e. The highest BCUT2D eigenvalue weighted by Crippen LogP contribution is 2.21. The first-order chi connectivity index (χ1) is 8.58. The molecule has 1 atom stereocenters. The summed E-state index contributed by atoms with van der Waals surface area (Å²) in [6.07, 6.45) is 2.63. The van der Waals surface area contributed by atoms with E-state index in [0.717, 1.165) is 42.0 Å². The number of nitrogens with zero attached hydrogens (tertiary/aromatic N) is 3. The van der Waals surface area contributed by atoms with Gasteiger partial charge in [0.25, 0.3) is 0 Å². The molecule has 1 unspecified atom stereocenters. The summed E-state index contributed by atoms with van der Waals surface area (Å²) in [6.45, 7) is 6.35. The molecule has 2 rings (SSSR count). The number of aromatic nitrogens is 2. The van der Waals surface area contributed by atoms with Crippen LogP contribution < -0.4 is 5.32 Å². The van der Waals surface area contributed by atoms with E-state index in [9.17, 15) is 0 Å². The highest BCUT2D eigenvalue weighted by Gasteiger charge is 2.17. The van der Waals surface area contributed by atoms with Crippen LogP contribution >= 0.6 is 11.6 Å². The Morgan fingerprint density at radius 3 is 2.89 bits per heavy atom. The maximum Gasteiger partial charge on any atom is 0.131 e. The van der Waals surface area contributed by atoms with E-state index in [1.165, 1.54) is 19.4 Å². The van der Waals surface area contributed by atoms with Gasteiger partial charge in [0.1, 0.15) is 5.15 Å². The number of nitrogens with one attached hydrogen (secondary N) is 1. The number of hydrogen-bond acceptors (Lipinski definition) is 3. The van der Waals surface area contributed by atoms with Gasteiger partial charge in [0.2, 0.25) is 0 Å². The fourth-order valence-corrected chi connectivity index (χ4v) is 2.94. The van der Waals surface area contributed by atoms with Gasteiger partial charge in [0.15, 0.2) is 0 Å². The number of rotatable bonds is 4. The fraction of sp³-hybridized carbons (Fsp3) is 0.769. The van der Waals surface area contributed by atoms with Gasteiger partial charge in [-0.25, -0.2) is 0 Å². The van der Waals surface area contributed by atoms with Gasteiger partial charge in [-0.2, -0.15) is 5.10 Å². The Labute approximate surface area is 114 Å². The third-order valence-electron chi connectivity index (χ3n) is 3.67. The predicted molar refractivity (Wildman–Crippen MR) is 74.9 cm³/mol. The van der Waals surface area contributed by atoms with E-state index in [4.69, 9.17) is 11.6 Å². The van der Waals surface area contributed by atoms with E-state index < -0.39 is 0 Å². The SMILES string of the molecule is Cc1nn(C)c(Cl)c1CN(C)CC1CCCNC1. The average molecular weight is 271 g/mol. The van der Waals surface area contributed by atoms with Crippen molar-refractivity contribution in [3.05, 3.63) is 16.4 Å². The molecule has 102 valence electrons. The summed E-state index contributed by atoms with van der Waals surface area (Å²) in [5.74, 6) is 0.763. The largest absolute Gasteiger partial charge is 0.316 e. The summed E-state index contributed by atoms with van der Waals surface area (Å²) in [7, 11) is 4.06. The van der Waals surface area contributed by atoms with E-state index >= 15 is 0 Å². The van der Waals surface area contributed by atoms with Crippen molar-refractivity contribution in [2.24, 2.45) is 13.0 Å². The molecule has 1 fully saturated rings. The quantitative estimate of drug-likeness (QED) is 0.906. The number of aryl methyl sites for hydroxylation is 2. The zero-order valence-electron chi connectivity index (χ0n) is 11.5. The first-order valence-electron chi connectivity index (χ1n) is 6.65. The van der Waals surface area contributed by atoms with Gasteiger partial charge in [-0.3, -0.25) is 4.68 Å². The zero-order valence-corrected chi connectivity index (χ0v) is 12.3. The van der Waals surface area contributed by atoms with Gasteiger partial charge in [0.05, 0.1) is 5.69 Å². The summed E-state index contributed by atoms with van der Waals surface area (Å²) >= 11 is 6.26. The molecule has 1 aromatic heterocycles. The standard InChI is InChI=1S/C13H23ClN4/c1-10-12(13(14)18(3)16-10)9-17(2)8-11-5-4-6-15-7-11/h11,15H,4-9H2,1-3H3. The molecule has 0 bridgehead atoms. The Kier molecular flexibility index (Phi) is 4.65. The highest BCUT2D eigenvalue weighted by atomic mass is 35.5. The molecule has 1 aromatic rings. The summed E-state index contributed by atoms with van der Waals surface area (Å²) in [4.78, 5) is 2.35. The van der Waals surface area contributed by atoms with Crippen LogP contribution in [0.3, 0.4) is 0 Å². The Hall–Kier alpha value is -0.580. The molecule has 2 heterocycles. The lowest BCUT2D eigenvalue weighted by Crippen LogP contribution is -2.36. The van der Waals surface area contributed by atoms with Crippen molar-refractivity contribution in [3.8, 4) is 0 Å². The Balaban J connectivity index is 1.91. The summed E-state index contributed by atoms with van der Waals surface area (Å²) in [5.41, 5.74) is 2.20. The van der Waals surface area contributed by atoms with Crippen LogP contribution in [-0.4, -0.2) is 41.4 Å². The Morgan fingerprint density at radius 1 is 1.56 bits per heavy atom. The molecule has 4 nitrogen and oxygen atoms in total. The van der Waals surface area contributed by atoms with Crippen LogP contribution in [0.5, 0.6) is 0 Å². The van der Waals surface area contributed by atoms with E-state index in [2.05, 4.69) is 22.4 Å². The number of hydrogen-bond donors (Lipinski definition) is 1. The first-order valence-corrected chi connectivity index (χ1v) is 7.03. The molecule has 18 heavy (non-hydrogen) atoms. The van der Waals surface area contributed by atoms with Gasteiger partial charge in [-0.1, -0.05) is 11.6 Å². The normalized spacial score (nSPS) is 20.6. The molecule has 0 saturated carbocycles. The molecule has 1 aliphatic rings. The van der Waals surface area contributed by atoms with Gasteiger partial charge in [-0.15, -0.1) is 0 Å². The lowest BCUT2D eigenvalue weighted by Gasteiger charge is -2.27. The van der Waals surface area contributed by atoms with Gasteiger partial charge in [0, 0.05) is 25.7 Å². The predicted octanol–water partition coefficient (Wildman–Crippen LogP) is 1.81. The molecule has 0 spiro atoms. The Bertz CT molecular complexity index is 396. The second-order valence-electron chi connectivity index (χ2n) is 5.39. The number of halogens is 1. The van der Waals surface area contributed by atoms with E-state index in [1.54, 1.807) is 4.68 Å². The van der Waals surface area contributed by atoms with Crippen molar-refractivity contribution in [3.63, 3.8) is 0 Å². The van der Waals surface area contributed by atoms with E-state index in [-0.39, 0.29) is 0 Å². The molecule has 0 amide bonds. The topological polar surface area (TPSA) is 33.1 Å².